The highest BCUT2D eigenvalue weighted by molar-refractivity contribution is 4.95. The van der Waals surface area contributed by atoms with Gasteiger partial charge in [-0.3, -0.25) is 0 Å². The number of hydrogen-bond donors (Lipinski definition) is 2. The molecule has 0 aromatic rings. The average Bonchev–Trinajstić information content (AvgIpc) is 2.98. The van der Waals surface area contributed by atoms with E-state index in [4.69, 9.17) is 0 Å². The summed E-state index contributed by atoms with van der Waals surface area (Å²) < 4.78 is 0. The van der Waals surface area contributed by atoms with Crippen LogP contribution in [0.25, 0.3) is 0 Å². The second-order valence-electron chi connectivity index (χ2n) is 5.86. The molecule has 0 aromatic heterocycles. The molecule has 2 nitrogen and oxygen atoms in total. The molecule has 0 aromatic carbocycles. The highest BCUT2D eigenvalue weighted by Gasteiger charge is 2.41. The largest absolute Gasteiger partial charge is 0.388 e. The minimum absolute atomic E-state index is 0.422. The second-order valence-corrected chi connectivity index (χ2v) is 5.86. The summed E-state index contributed by atoms with van der Waals surface area (Å²) in [7, 11) is 0. The summed E-state index contributed by atoms with van der Waals surface area (Å²) in [4.78, 5) is 0. The van der Waals surface area contributed by atoms with Gasteiger partial charge in [0.25, 0.3) is 0 Å². The molecule has 0 spiro atoms. The van der Waals surface area contributed by atoms with E-state index in [2.05, 4.69) is 19.2 Å². The minimum Gasteiger partial charge on any atom is -0.388 e. The topological polar surface area (TPSA) is 32.3 Å². The maximum absolute atomic E-state index is 10.7. The van der Waals surface area contributed by atoms with E-state index in [9.17, 15) is 5.11 Å². The van der Waals surface area contributed by atoms with Crippen molar-refractivity contribution in [2.45, 2.75) is 64.0 Å². The van der Waals surface area contributed by atoms with Crippen LogP contribution in [0.2, 0.25) is 0 Å². The summed E-state index contributed by atoms with van der Waals surface area (Å²) in [5.41, 5.74) is -0.422. The number of rotatable bonds is 4. The van der Waals surface area contributed by atoms with Crippen molar-refractivity contribution in [2.24, 2.45) is 11.8 Å². The first kappa shape index (κ1) is 11.4. The maximum Gasteiger partial charge on any atom is 0.0802 e. The zero-order chi connectivity index (χ0) is 10.9. The third-order valence-electron chi connectivity index (χ3n) is 4.14. The molecule has 2 aliphatic rings. The van der Waals surface area contributed by atoms with E-state index in [1.54, 1.807) is 0 Å². The van der Waals surface area contributed by atoms with E-state index in [0.717, 1.165) is 13.0 Å². The SMILES string of the molecule is CC(C)C1CCCCC1(O)CNC1CC1. The fourth-order valence-electron chi connectivity index (χ4n) is 3.03. The van der Waals surface area contributed by atoms with E-state index in [1.807, 2.05) is 0 Å². The lowest BCUT2D eigenvalue weighted by Gasteiger charge is -2.42. The molecule has 0 heterocycles. The number of aliphatic hydroxyl groups is 1. The zero-order valence-corrected chi connectivity index (χ0v) is 10.1. The smallest absolute Gasteiger partial charge is 0.0802 e. The molecule has 2 aliphatic carbocycles. The van der Waals surface area contributed by atoms with Crippen LogP contribution in [0.1, 0.15) is 52.4 Å². The normalized spacial score (nSPS) is 37.2. The molecule has 0 amide bonds. The Kier molecular flexibility index (Phi) is 3.36. The Morgan fingerprint density at radius 1 is 1.27 bits per heavy atom. The van der Waals surface area contributed by atoms with Gasteiger partial charge < -0.3 is 10.4 Å². The summed E-state index contributed by atoms with van der Waals surface area (Å²) in [6.07, 6.45) is 7.32. The van der Waals surface area contributed by atoms with Crippen molar-refractivity contribution >= 4 is 0 Å². The predicted octanol–water partition coefficient (Wildman–Crippen LogP) is 2.32. The van der Waals surface area contributed by atoms with E-state index in [0.29, 0.717) is 17.9 Å². The van der Waals surface area contributed by atoms with Crippen molar-refractivity contribution in [3.63, 3.8) is 0 Å². The molecule has 2 saturated carbocycles. The van der Waals surface area contributed by atoms with Crippen LogP contribution in [0.15, 0.2) is 0 Å². The monoisotopic (exact) mass is 211 g/mol. The van der Waals surface area contributed by atoms with Crippen molar-refractivity contribution < 1.29 is 5.11 Å². The van der Waals surface area contributed by atoms with Gasteiger partial charge in [0.1, 0.15) is 0 Å². The van der Waals surface area contributed by atoms with Crippen LogP contribution in [-0.4, -0.2) is 23.3 Å². The second kappa shape index (κ2) is 4.42. The molecule has 0 saturated heterocycles. The summed E-state index contributed by atoms with van der Waals surface area (Å²) in [6.45, 7) is 5.32. The van der Waals surface area contributed by atoms with Gasteiger partial charge in [-0.05, 0) is 37.5 Å². The minimum atomic E-state index is -0.422. The first-order valence-corrected chi connectivity index (χ1v) is 6.57. The van der Waals surface area contributed by atoms with Crippen LogP contribution in [0.3, 0.4) is 0 Å². The fourth-order valence-corrected chi connectivity index (χ4v) is 3.03. The molecule has 2 rings (SSSR count). The summed E-state index contributed by atoms with van der Waals surface area (Å²) in [5, 5.41) is 14.2. The molecule has 2 unspecified atom stereocenters. The van der Waals surface area contributed by atoms with Crippen molar-refractivity contribution in [3.8, 4) is 0 Å². The van der Waals surface area contributed by atoms with E-state index < -0.39 is 5.60 Å². The first-order valence-electron chi connectivity index (χ1n) is 6.57. The van der Waals surface area contributed by atoms with Crippen molar-refractivity contribution in [3.05, 3.63) is 0 Å². The Hall–Kier alpha value is -0.0800. The molecular formula is C13H25NO. The lowest BCUT2D eigenvalue weighted by atomic mass is 9.70. The molecule has 2 atom stereocenters. The van der Waals surface area contributed by atoms with Gasteiger partial charge in [0.2, 0.25) is 0 Å². The van der Waals surface area contributed by atoms with Gasteiger partial charge in [-0.25, -0.2) is 0 Å². The van der Waals surface area contributed by atoms with Gasteiger partial charge in [0.05, 0.1) is 5.60 Å². The Bertz CT molecular complexity index is 213. The van der Waals surface area contributed by atoms with Crippen LogP contribution < -0.4 is 5.32 Å². The molecule has 0 bridgehead atoms. The summed E-state index contributed by atoms with van der Waals surface area (Å²) in [5.74, 6) is 1.11. The fraction of sp³-hybridized carbons (Fsp3) is 1.00. The van der Waals surface area contributed by atoms with Crippen LogP contribution in [-0.2, 0) is 0 Å². The first-order chi connectivity index (χ1) is 7.12. The van der Waals surface area contributed by atoms with Crippen molar-refractivity contribution in [2.75, 3.05) is 6.54 Å². The highest BCUT2D eigenvalue weighted by Crippen LogP contribution is 2.38. The predicted molar refractivity (Wildman–Crippen MR) is 62.8 cm³/mol. The maximum atomic E-state index is 10.7. The summed E-state index contributed by atoms with van der Waals surface area (Å²) in [6, 6.07) is 0.712. The Morgan fingerprint density at radius 3 is 2.60 bits per heavy atom. The molecule has 2 heteroatoms. The van der Waals surface area contributed by atoms with Crippen LogP contribution in [0, 0.1) is 11.8 Å². The molecule has 2 fully saturated rings. The molecule has 2 N–H and O–H groups in total. The van der Waals surface area contributed by atoms with E-state index in [-0.39, 0.29) is 0 Å². The Morgan fingerprint density at radius 2 is 2.00 bits per heavy atom. The van der Waals surface area contributed by atoms with Crippen LogP contribution in [0.4, 0.5) is 0 Å². The average molecular weight is 211 g/mol. The Balaban J connectivity index is 1.93. The molecule has 15 heavy (non-hydrogen) atoms. The molecular weight excluding hydrogens is 186 g/mol. The van der Waals surface area contributed by atoms with E-state index in [1.165, 1.54) is 32.1 Å². The number of hydrogen-bond acceptors (Lipinski definition) is 2. The number of nitrogens with one attached hydrogen (secondary N) is 1. The van der Waals surface area contributed by atoms with Crippen molar-refractivity contribution in [1.82, 2.24) is 5.32 Å². The van der Waals surface area contributed by atoms with Gasteiger partial charge in [-0.1, -0.05) is 26.7 Å². The van der Waals surface area contributed by atoms with Gasteiger partial charge in [0.15, 0.2) is 0 Å². The zero-order valence-electron chi connectivity index (χ0n) is 10.1. The van der Waals surface area contributed by atoms with E-state index >= 15 is 0 Å². The molecule has 0 aliphatic heterocycles. The Labute approximate surface area is 93.5 Å². The highest BCUT2D eigenvalue weighted by atomic mass is 16.3. The molecule has 0 radical (unpaired) electrons. The standard InChI is InChI=1S/C13H25NO/c1-10(2)12-5-3-4-8-13(12,15)9-14-11-6-7-11/h10-12,14-15H,3-9H2,1-2H3. The van der Waals surface area contributed by atoms with Gasteiger partial charge in [-0.15, -0.1) is 0 Å². The molecule has 88 valence electrons. The van der Waals surface area contributed by atoms with Gasteiger partial charge >= 0.3 is 0 Å². The van der Waals surface area contributed by atoms with Crippen molar-refractivity contribution in [1.29, 1.82) is 0 Å². The quantitative estimate of drug-likeness (QED) is 0.748. The third-order valence-corrected chi connectivity index (χ3v) is 4.14. The summed E-state index contributed by atoms with van der Waals surface area (Å²) >= 11 is 0. The van der Waals surface area contributed by atoms with Gasteiger partial charge in [0, 0.05) is 12.6 Å². The van der Waals surface area contributed by atoms with Crippen LogP contribution >= 0.6 is 0 Å². The van der Waals surface area contributed by atoms with Crippen LogP contribution in [0.5, 0.6) is 0 Å². The van der Waals surface area contributed by atoms with Gasteiger partial charge in [-0.2, -0.15) is 0 Å². The lowest BCUT2D eigenvalue weighted by molar-refractivity contribution is -0.0641. The third kappa shape index (κ3) is 2.73. The lowest BCUT2D eigenvalue weighted by Crippen LogP contribution is -2.50.